The van der Waals surface area contributed by atoms with Crippen LogP contribution < -0.4 is 0 Å². The molecule has 1 heteroatoms. The van der Waals surface area contributed by atoms with E-state index in [1.165, 1.54) is 16.7 Å². The van der Waals surface area contributed by atoms with Crippen molar-refractivity contribution in [1.82, 2.24) is 0 Å². The minimum atomic E-state index is 0.219. The molecule has 0 saturated heterocycles. The van der Waals surface area contributed by atoms with Gasteiger partial charge < -0.3 is 4.74 Å². The molecule has 1 heterocycles. The standard InChI is InChI=1S/C15H14O/c1-2-6-12(7-3-1)15-10-13-8-4-5-9-14(13)11-16-15/h1-9,15H,10-11H2. The highest BCUT2D eigenvalue weighted by atomic mass is 16.5. The molecule has 1 unspecified atom stereocenters. The van der Waals surface area contributed by atoms with E-state index in [4.69, 9.17) is 4.74 Å². The van der Waals surface area contributed by atoms with Gasteiger partial charge in [0.25, 0.3) is 0 Å². The average molecular weight is 210 g/mol. The van der Waals surface area contributed by atoms with Crippen molar-refractivity contribution in [2.24, 2.45) is 0 Å². The molecular weight excluding hydrogens is 196 g/mol. The highest BCUT2D eigenvalue weighted by molar-refractivity contribution is 5.31. The maximum Gasteiger partial charge on any atom is 0.0869 e. The first kappa shape index (κ1) is 9.61. The lowest BCUT2D eigenvalue weighted by Crippen LogP contribution is -2.15. The quantitative estimate of drug-likeness (QED) is 0.700. The molecule has 2 aromatic carbocycles. The van der Waals surface area contributed by atoms with Gasteiger partial charge in [0.15, 0.2) is 0 Å². The number of rotatable bonds is 1. The van der Waals surface area contributed by atoms with Crippen molar-refractivity contribution in [3.63, 3.8) is 0 Å². The number of hydrogen-bond donors (Lipinski definition) is 0. The third kappa shape index (κ3) is 1.74. The van der Waals surface area contributed by atoms with Crippen molar-refractivity contribution in [1.29, 1.82) is 0 Å². The lowest BCUT2D eigenvalue weighted by molar-refractivity contribution is 0.0274. The van der Waals surface area contributed by atoms with Crippen LogP contribution in [0.2, 0.25) is 0 Å². The first-order chi connectivity index (χ1) is 7.93. The zero-order valence-corrected chi connectivity index (χ0v) is 9.10. The Morgan fingerprint density at radius 1 is 0.812 bits per heavy atom. The molecular formula is C15H14O. The summed E-state index contributed by atoms with van der Waals surface area (Å²) in [6.07, 6.45) is 1.20. The van der Waals surface area contributed by atoms with Gasteiger partial charge in [0, 0.05) is 6.42 Å². The Labute approximate surface area is 95.7 Å². The summed E-state index contributed by atoms with van der Waals surface area (Å²) in [5.41, 5.74) is 4.02. The molecule has 0 aliphatic carbocycles. The average Bonchev–Trinajstić information content (AvgIpc) is 2.39. The summed E-state index contributed by atoms with van der Waals surface area (Å²) in [6.45, 7) is 0.732. The summed E-state index contributed by atoms with van der Waals surface area (Å²) in [4.78, 5) is 0. The third-order valence-electron chi connectivity index (χ3n) is 3.14. The molecule has 3 rings (SSSR count). The highest BCUT2D eigenvalue weighted by Crippen LogP contribution is 2.29. The third-order valence-corrected chi connectivity index (χ3v) is 3.14. The van der Waals surface area contributed by atoms with Crippen LogP contribution in [0.3, 0.4) is 0 Å². The van der Waals surface area contributed by atoms with Crippen LogP contribution in [-0.2, 0) is 17.8 Å². The van der Waals surface area contributed by atoms with Gasteiger partial charge in [-0.15, -0.1) is 0 Å². The predicted octanol–water partition coefficient (Wildman–Crippen LogP) is 3.50. The molecule has 16 heavy (non-hydrogen) atoms. The SMILES string of the molecule is c1ccc(C2Cc3ccccc3CO2)cc1. The molecule has 0 amide bonds. The number of fused-ring (bicyclic) bond motifs is 1. The first-order valence-electron chi connectivity index (χ1n) is 5.67. The van der Waals surface area contributed by atoms with Gasteiger partial charge in [0.1, 0.15) is 0 Å². The van der Waals surface area contributed by atoms with Crippen LogP contribution in [0.1, 0.15) is 22.8 Å². The predicted molar refractivity (Wildman–Crippen MR) is 64.1 cm³/mol. The van der Waals surface area contributed by atoms with E-state index in [1.54, 1.807) is 0 Å². The van der Waals surface area contributed by atoms with Crippen LogP contribution in [-0.4, -0.2) is 0 Å². The molecule has 0 N–H and O–H groups in total. The Balaban J connectivity index is 1.89. The van der Waals surface area contributed by atoms with Gasteiger partial charge in [-0.25, -0.2) is 0 Å². The fourth-order valence-corrected chi connectivity index (χ4v) is 2.23. The van der Waals surface area contributed by atoms with Crippen molar-refractivity contribution in [3.05, 3.63) is 71.3 Å². The maximum atomic E-state index is 5.89. The summed E-state index contributed by atoms with van der Waals surface area (Å²) in [7, 11) is 0. The fraction of sp³-hybridized carbons (Fsp3) is 0.200. The molecule has 80 valence electrons. The van der Waals surface area contributed by atoms with Gasteiger partial charge >= 0.3 is 0 Å². The smallest absolute Gasteiger partial charge is 0.0869 e. The van der Waals surface area contributed by atoms with Gasteiger partial charge in [-0.05, 0) is 16.7 Å². The van der Waals surface area contributed by atoms with Crippen molar-refractivity contribution in [3.8, 4) is 0 Å². The van der Waals surface area contributed by atoms with E-state index in [9.17, 15) is 0 Å². The topological polar surface area (TPSA) is 9.23 Å². The summed E-state index contributed by atoms with van der Waals surface area (Å²) < 4.78 is 5.89. The molecule has 0 saturated carbocycles. The van der Waals surface area contributed by atoms with Crippen LogP contribution in [0, 0.1) is 0 Å². The minimum absolute atomic E-state index is 0.219. The lowest BCUT2D eigenvalue weighted by Gasteiger charge is -2.25. The van der Waals surface area contributed by atoms with Crippen molar-refractivity contribution in [2.75, 3.05) is 0 Å². The Morgan fingerprint density at radius 2 is 1.50 bits per heavy atom. The molecule has 0 spiro atoms. The Kier molecular flexibility index (Phi) is 2.47. The monoisotopic (exact) mass is 210 g/mol. The summed E-state index contributed by atoms with van der Waals surface area (Å²) in [5.74, 6) is 0. The Morgan fingerprint density at radius 3 is 2.31 bits per heavy atom. The van der Waals surface area contributed by atoms with Crippen molar-refractivity contribution < 1.29 is 4.74 Å². The summed E-state index contributed by atoms with van der Waals surface area (Å²) in [5, 5.41) is 0. The normalized spacial score (nSPS) is 19.1. The van der Waals surface area contributed by atoms with E-state index in [0.29, 0.717) is 0 Å². The van der Waals surface area contributed by atoms with E-state index >= 15 is 0 Å². The van der Waals surface area contributed by atoms with Crippen LogP contribution in [0.4, 0.5) is 0 Å². The van der Waals surface area contributed by atoms with Crippen LogP contribution in [0.5, 0.6) is 0 Å². The van der Waals surface area contributed by atoms with E-state index in [2.05, 4.69) is 48.5 Å². The molecule has 1 nitrogen and oxygen atoms in total. The summed E-state index contributed by atoms with van der Waals surface area (Å²) in [6, 6.07) is 19.0. The molecule has 2 aromatic rings. The Hall–Kier alpha value is -1.60. The zero-order chi connectivity index (χ0) is 10.8. The molecule has 0 fully saturated rings. The van der Waals surface area contributed by atoms with Crippen LogP contribution in [0.25, 0.3) is 0 Å². The van der Waals surface area contributed by atoms with Gasteiger partial charge in [-0.1, -0.05) is 54.6 Å². The Bertz CT molecular complexity index is 476. The van der Waals surface area contributed by atoms with E-state index in [1.807, 2.05) is 6.07 Å². The molecule has 0 bridgehead atoms. The van der Waals surface area contributed by atoms with Gasteiger partial charge in [0.2, 0.25) is 0 Å². The molecule has 1 aliphatic rings. The molecule has 1 aliphatic heterocycles. The van der Waals surface area contributed by atoms with Gasteiger partial charge in [-0.3, -0.25) is 0 Å². The number of hydrogen-bond acceptors (Lipinski definition) is 1. The van der Waals surface area contributed by atoms with Crippen LogP contribution in [0.15, 0.2) is 54.6 Å². The van der Waals surface area contributed by atoms with E-state index in [0.717, 1.165) is 13.0 Å². The largest absolute Gasteiger partial charge is 0.368 e. The molecule has 0 radical (unpaired) electrons. The zero-order valence-electron chi connectivity index (χ0n) is 9.10. The van der Waals surface area contributed by atoms with Gasteiger partial charge in [-0.2, -0.15) is 0 Å². The van der Waals surface area contributed by atoms with E-state index < -0.39 is 0 Å². The van der Waals surface area contributed by atoms with Gasteiger partial charge in [0.05, 0.1) is 12.7 Å². The second kappa shape index (κ2) is 4.11. The second-order valence-corrected chi connectivity index (χ2v) is 4.18. The molecule has 0 aromatic heterocycles. The van der Waals surface area contributed by atoms with Crippen molar-refractivity contribution >= 4 is 0 Å². The minimum Gasteiger partial charge on any atom is -0.368 e. The number of ether oxygens (including phenoxy) is 1. The van der Waals surface area contributed by atoms with Crippen molar-refractivity contribution in [2.45, 2.75) is 19.1 Å². The first-order valence-corrected chi connectivity index (χ1v) is 5.67. The lowest BCUT2D eigenvalue weighted by atomic mass is 9.95. The second-order valence-electron chi connectivity index (χ2n) is 4.18. The van der Waals surface area contributed by atoms with E-state index in [-0.39, 0.29) is 6.10 Å². The maximum absolute atomic E-state index is 5.89. The fourth-order valence-electron chi connectivity index (χ4n) is 2.23. The summed E-state index contributed by atoms with van der Waals surface area (Å²) >= 11 is 0. The number of benzene rings is 2. The highest BCUT2D eigenvalue weighted by Gasteiger charge is 2.19. The molecule has 1 atom stereocenters. The van der Waals surface area contributed by atoms with Crippen LogP contribution >= 0.6 is 0 Å².